The molecule has 15 heavy (non-hydrogen) atoms. The van der Waals surface area contributed by atoms with Crippen LogP contribution in [0.2, 0.25) is 5.02 Å². The second kappa shape index (κ2) is 4.11. The molecule has 0 aliphatic heterocycles. The number of nitrogens with two attached hydrogens (primary N) is 1. The van der Waals surface area contributed by atoms with E-state index in [1.54, 1.807) is 6.07 Å². The molecule has 0 aliphatic rings. The van der Waals surface area contributed by atoms with Crippen molar-refractivity contribution < 1.29 is 0 Å². The first-order valence-corrected chi connectivity index (χ1v) is 5.84. The molecule has 2 rings (SSSR count). The van der Waals surface area contributed by atoms with E-state index in [-0.39, 0.29) is 0 Å². The summed E-state index contributed by atoms with van der Waals surface area (Å²) in [5.41, 5.74) is 0.859. The SMILES string of the molecule is Nn1c(-c2cc(Cl)ccc2I)n[nH]c1=S. The van der Waals surface area contributed by atoms with Crippen LogP contribution in [0.1, 0.15) is 0 Å². The van der Waals surface area contributed by atoms with Crippen molar-refractivity contribution in [2.24, 2.45) is 0 Å². The van der Waals surface area contributed by atoms with Gasteiger partial charge in [0.1, 0.15) is 0 Å². The molecule has 0 spiro atoms. The standard InChI is InChI=1S/C8H6ClIN4S/c9-4-1-2-6(10)5(3-4)7-12-13-8(15)14(7)11/h1-3H,11H2,(H,13,15). The predicted molar refractivity (Wildman–Crippen MR) is 70.7 cm³/mol. The Balaban J connectivity index is 2.68. The van der Waals surface area contributed by atoms with Gasteiger partial charge in [-0.15, -0.1) is 0 Å². The van der Waals surface area contributed by atoms with Crippen molar-refractivity contribution in [3.8, 4) is 11.4 Å². The lowest BCUT2D eigenvalue weighted by Gasteiger charge is -2.03. The maximum absolute atomic E-state index is 5.91. The van der Waals surface area contributed by atoms with Gasteiger partial charge in [-0.1, -0.05) is 11.6 Å². The Morgan fingerprint density at radius 1 is 1.53 bits per heavy atom. The second-order valence-electron chi connectivity index (χ2n) is 2.85. The van der Waals surface area contributed by atoms with Gasteiger partial charge < -0.3 is 5.84 Å². The number of benzene rings is 1. The van der Waals surface area contributed by atoms with Crippen LogP contribution in [0, 0.1) is 8.34 Å². The molecule has 2 aromatic rings. The molecule has 4 nitrogen and oxygen atoms in total. The molecule has 1 aromatic carbocycles. The first-order valence-electron chi connectivity index (χ1n) is 3.97. The number of H-pyrrole nitrogens is 1. The average Bonchev–Trinajstić information content (AvgIpc) is 2.52. The van der Waals surface area contributed by atoms with Gasteiger partial charge in [0.05, 0.1) is 0 Å². The highest BCUT2D eigenvalue weighted by atomic mass is 127. The number of nitrogens with one attached hydrogen (secondary N) is 1. The summed E-state index contributed by atoms with van der Waals surface area (Å²) in [6.45, 7) is 0. The van der Waals surface area contributed by atoms with Crippen molar-refractivity contribution in [3.63, 3.8) is 0 Å². The molecule has 78 valence electrons. The number of rotatable bonds is 1. The predicted octanol–water partition coefficient (Wildman–Crippen LogP) is 2.58. The molecule has 0 atom stereocenters. The number of nitrogen functional groups attached to an aromatic ring is 1. The van der Waals surface area contributed by atoms with Crippen LogP contribution >= 0.6 is 46.4 Å². The Kier molecular flexibility index (Phi) is 2.98. The van der Waals surface area contributed by atoms with E-state index >= 15 is 0 Å². The van der Waals surface area contributed by atoms with Crippen LogP contribution in [0.5, 0.6) is 0 Å². The third-order valence-electron chi connectivity index (χ3n) is 1.87. The number of nitrogens with zero attached hydrogens (tertiary/aromatic N) is 2. The van der Waals surface area contributed by atoms with Crippen molar-refractivity contribution in [3.05, 3.63) is 31.6 Å². The normalized spacial score (nSPS) is 10.5. The van der Waals surface area contributed by atoms with Gasteiger partial charge in [0, 0.05) is 14.2 Å². The lowest BCUT2D eigenvalue weighted by atomic mass is 10.2. The van der Waals surface area contributed by atoms with Gasteiger partial charge in [-0.25, -0.2) is 9.77 Å². The highest BCUT2D eigenvalue weighted by Gasteiger charge is 2.10. The fourth-order valence-corrected chi connectivity index (χ4v) is 2.04. The largest absolute Gasteiger partial charge is 0.335 e. The molecular formula is C8H6ClIN4S. The molecule has 1 aromatic heterocycles. The second-order valence-corrected chi connectivity index (χ2v) is 4.83. The monoisotopic (exact) mass is 352 g/mol. The molecule has 0 radical (unpaired) electrons. The fourth-order valence-electron chi connectivity index (χ4n) is 1.16. The minimum absolute atomic E-state index is 0.376. The Morgan fingerprint density at radius 2 is 2.27 bits per heavy atom. The van der Waals surface area contributed by atoms with Crippen molar-refractivity contribution in [2.75, 3.05) is 5.84 Å². The van der Waals surface area contributed by atoms with E-state index in [2.05, 4.69) is 32.8 Å². The topological polar surface area (TPSA) is 59.6 Å². The van der Waals surface area contributed by atoms with Gasteiger partial charge in [0.2, 0.25) is 4.77 Å². The summed E-state index contributed by atoms with van der Waals surface area (Å²) in [5.74, 6) is 6.30. The zero-order valence-electron chi connectivity index (χ0n) is 7.37. The zero-order valence-corrected chi connectivity index (χ0v) is 11.1. The van der Waals surface area contributed by atoms with Crippen molar-refractivity contribution in [1.82, 2.24) is 14.9 Å². The molecule has 7 heteroatoms. The van der Waals surface area contributed by atoms with Gasteiger partial charge >= 0.3 is 0 Å². The van der Waals surface area contributed by atoms with E-state index < -0.39 is 0 Å². The molecule has 0 saturated heterocycles. The highest BCUT2D eigenvalue weighted by Crippen LogP contribution is 2.25. The van der Waals surface area contributed by atoms with E-state index in [1.165, 1.54) is 4.68 Å². The molecule has 0 amide bonds. The van der Waals surface area contributed by atoms with E-state index in [1.807, 2.05) is 12.1 Å². The number of halogens is 2. The molecule has 0 bridgehead atoms. The summed E-state index contributed by atoms with van der Waals surface area (Å²) in [6.07, 6.45) is 0. The number of aromatic amines is 1. The summed E-state index contributed by atoms with van der Waals surface area (Å²) in [5, 5.41) is 7.31. The maximum Gasteiger partial charge on any atom is 0.214 e. The number of aromatic nitrogens is 3. The third-order valence-corrected chi connectivity index (χ3v) is 3.34. The van der Waals surface area contributed by atoms with Crippen LogP contribution in [0.25, 0.3) is 11.4 Å². The third kappa shape index (κ3) is 2.01. The first-order chi connectivity index (χ1) is 7.09. The van der Waals surface area contributed by atoms with Crippen LogP contribution in [0.15, 0.2) is 18.2 Å². The Bertz CT molecular complexity index is 562. The molecule has 0 saturated carbocycles. The van der Waals surface area contributed by atoms with Crippen molar-refractivity contribution in [1.29, 1.82) is 0 Å². The summed E-state index contributed by atoms with van der Waals surface area (Å²) in [7, 11) is 0. The van der Waals surface area contributed by atoms with Crippen LogP contribution in [0.3, 0.4) is 0 Å². The van der Waals surface area contributed by atoms with E-state index in [0.717, 1.165) is 9.13 Å². The molecule has 0 aliphatic carbocycles. The van der Waals surface area contributed by atoms with E-state index in [9.17, 15) is 0 Å². The molecule has 0 unspecified atom stereocenters. The zero-order chi connectivity index (χ0) is 11.0. The molecular weight excluding hydrogens is 347 g/mol. The Labute approximate surface area is 110 Å². The van der Waals surface area contributed by atoms with E-state index in [0.29, 0.717) is 15.6 Å². The maximum atomic E-state index is 5.91. The number of hydrogen-bond donors (Lipinski definition) is 2. The Morgan fingerprint density at radius 3 is 2.87 bits per heavy atom. The smallest absolute Gasteiger partial charge is 0.214 e. The van der Waals surface area contributed by atoms with Gasteiger partial charge in [-0.3, -0.25) is 0 Å². The van der Waals surface area contributed by atoms with Crippen LogP contribution in [-0.2, 0) is 0 Å². The molecule has 0 fully saturated rings. The minimum Gasteiger partial charge on any atom is -0.335 e. The van der Waals surface area contributed by atoms with E-state index in [4.69, 9.17) is 29.7 Å². The summed E-state index contributed by atoms with van der Waals surface area (Å²) < 4.78 is 2.71. The lowest BCUT2D eigenvalue weighted by Crippen LogP contribution is -2.10. The van der Waals surface area contributed by atoms with Gasteiger partial charge in [-0.05, 0) is 53.0 Å². The van der Waals surface area contributed by atoms with Crippen LogP contribution < -0.4 is 5.84 Å². The Hall–Kier alpha value is -0.600. The highest BCUT2D eigenvalue weighted by molar-refractivity contribution is 14.1. The van der Waals surface area contributed by atoms with Gasteiger partial charge in [0.25, 0.3) is 0 Å². The first kappa shape index (κ1) is 10.9. The lowest BCUT2D eigenvalue weighted by molar-refractivity contribution is 0.983. The molecule has 1 heterocycles. The van der Waals surface area contributed by atoms with Crippen LogP contribution in [-0.4, -0.2) is 14.9 Å². The van der Waals surface area contributed by atoms with Crippen LogP contribution in [0.4, 0.5) is 0 Å². The fraction of sp³-hybridized carbons (Fsp3) is 0. The number of hydrogen-bond acceptors (Lipinski definition) is 3. The molecule has 3 N–H and O–H groups in total. The van der Waals surface area contributed by atoms with Crippen molar-refractivity contribution >= 4 is 46.4 Å². The summed E-state index contributed by atoms with van der Waals surface area (Å²) >= 11 is 13.0. The summed E-state index contributed by atoms with van der Waals surface area (Å²) in [4.78, 5) is 0. The average molecular weight is 353 g/mol. The summed E-state index contributed by atoms with van der Waals surface area (Å²) in [6, 6.07) is 5.52. The van der Waals surface area contributed by atoms with Gasteiger partial charge in [0.15, 0.2) is 5.82 Å². The van der Waals surface area contributed by atoms with Crippen molar-refractivity contribution in [2.45, 2.75) is 0 Å². The minimum atomic E-state index is 0.376. The van der Waals surface area contributed by atoms with Gasteiger partial charge in [-0.2, -0.15) is 5.10 Å². The quantitative estimate of drug-likeness (QED) is 0.471.